The first-order valence-corrected chi connectivity index (χ1v) is 6.42. The van der Waals surface area contributed by atoms with Gasteiger partial charge in [-0.25, -0.2) is 0 Å². The van der Waals surface area contributed by atoms with E-state index in [1.807, 2.05) is 29.2 Å². The van der Waals surface area contributed by atoms with Gasteiger partial charge in [0.2, 0.25) is 5.91 Å². The Morgan fingerprint density at radius 3 is 2.82 bits per heavy atom. The van der Waals surface area contributed by atoms with Crippen LogP contribution in [0, 0.1) is 5.92 Å². The average Bonchev–Trinajstić information content (AvgIpc) is 2.66. The number of fused-ring (bicyclic) bond motifs is 1. The highest BCUT2D eigenvalue weighted by atomic mass is 35.5. The summed E-state index contributed by atoms with van der Waals surface area (Å²) in [6.07, 6.45) is 1.79. The van der Waals surface area contributed by atoms with Crippen LogP contribution in [0.25, 0.3) is 0 Å². The molecule has 2 aliphatic rings. The quantitative estimate of drug-likeness (QED) is 0.828. The fourth-order valence-electron chi connectivity index (χ4n) is 2.88. The molecule has 3 nitrogen and oxygen atoms in total. The fourth-order valence-corrected chi connectivity index (χ4v) is 3.01. The van der Waals surface area contributed by atoms with Crippen molar-refractivity contribution in [2.24, 2.45) is 5.92 Å². The van der Waals surface area contributed by atoms with Crippen LogP contribution in [0.1, 0.15) is 12.8 Å². The average molecular weight is 251 g/mol. The Kier molecular flexibility index (Phi) is 2.81. The summed E-state index contributed by atoms with van der Waals surface area (Å²) in [5.74, 6) is 0.755. The molecule has 4 heteroatoms. The lowest BCUT2D eigenvalue weighted by atomic mass is 9.93. The van der Waals surface area contributed by atoms with Crippen LogP contribution in [0.15, 0.2) is 24.3 Å². The smallest absolute Gasteiger partial charge is 0.227 e. The van der Waals surface area contributed by atoms with Gasteiger partial charge in [-0.1, -0.05) is 11.6 Å². The molecule has 2 saturated heterocycles. The molecular formula is C13H15ClN2O. The number of anilines is 1. The SMILES string of the molecule is O=C1CC2CCNCC2N1c1ccc(Cl)cc1. The molecule has 0 aliphatic carbocycles. The molecule has 0 saturated carbocycles. The lowest BCUT2D eigenvalue weighted by Gasteiger charge is -2.32. The molecular weight excluding hydrogens is 236 g/mol. The van der Waals surface area contributed by atoms with Crippen LogP contribution in [0.5, 0.6) is 0 Å². The standard InChI is InChI=1S/C13H15ClN2O/c14-10-1-3-11(4-2-10)16-12-8-15-6-5-9(12)7-13(16)17/h1-4,9,12,15H,5-8H2. The number of piperidine rings is 1. The molecule has 0 aromatic heterocycles. The first-order valence-electron chi connectivity index (χ1n) is 6.04. The van der Waals surface area contributed by atoms with Gasteiger partial charge in [-0.2, -0.15) is 0 Å². The largest absolute Gasteiger partial charge is 0.315 e. The van der Waals surface area contributed by atoms with Crippen LogP contribution < -0.4 is 10.2 Å². The number of carbonyl (C=O) groups is 1. The van der Waals surface area contributed by atoms with E-state index >= 15 is 0 Å². The molecule has 2 unspecified atom stereocenters. The lowest BCUT2D eigenvalue weighted by molar-refractivity contribution is -0.117. The molecule has 2 atom stereocenters. The third kappa shape index (κ3) is 1.94. The zero-order chi connectivity index (χ0) is 11.8. The predicted octanol–water partition coefficient (Wildman–Crippen LogP) is 2.05. The molecule has 17 heavy (non-hydrogen) atoms. The molecule has 1 N–H and O–H groups in total. The van der Waals surface area contributed by atoms with Crippen molar-refractivity contribution in [3.63, 3.8) is 0 Å². The molecule has 90 valence electrons. The van der Waals surface area contributed by atoms with Crippen LogP contribution in [-0.2, 0) is 4.79 Å². The van der Waals surface area contributed by atoms with Crippen molar-refractivity contribution in [1.29, 1.82) is 0 Å². The number of amides is 1. The summed E-state index contributed by atoms with van der Waals surface area (Å²) < 4.78 is 0. The summed E-state index contributed by atoms with van der Waals surface area (Å²) in [4.78, 5) is 14.0. The summed E-state index contributed by atoms with van der Waals surface area (Å²) >= 11 is 5.88. The molecule has 1 aromatic carbocycles. The number of nitrogens with zero attached hydrogens (tertiary/aromatic N) is 1. The first kappa shape index (κ1) is 11.1. The van der Waals surface area contributed by atoms with E-state index in [0.29, 0.717) is 23.4 Å². The molecule has 2 heterocycles. The van der Waals surface area contributed by atoms with Crippen LogP contribution in [0.4, 0.5) is 5.69 Å². The van der Waals surface area contributed by atoms with Gasteiger partial charge in [-0.05, 0) is 43.1 Å². The van der Waals surface area contributed by atoms with Crippen LogP contribution in [-0.4, -0.2) is 25.0 Å². The lowest BCUT2D eigenvalue weighted by Crippen LogP contribution is -2.46. The predicted molar refractivity (Wildman–Crippen MR) is 68.3 cm³/mol. The van der Waals surface area contributed by atoms with E-state index in [1.165, 1.54) is 0 Å². The molecule has 1 aromatic rings. The molecule has 0 bridgehead atoms. The summed E-state index contributed by atoms with van der Waals surface area (Å²) in [7, 11) is 0. The maximum absolute atomic E-state index is 12.1. The van der Waals surface area contributed by atoms with Gasteiger partial charge < -0.3 is 10.2 Å². The van der Waals surface area contributed by atoms with Crippen molar-refractivity contribution in [1.82, 2.24) is 5.32 Å². The van der Waals surface area contributed by atoms with Gasteiger partial charge in [-0.3, -0.25) is 4.79 Å². The summed E-state index contributed by atoms with van der Waals surface area (Å²) in [5, 5.41) is 4.08. The van der Waals surface area contributed by atoms with Crippen molar-refractivity contribution < 1.29 is 4.79 Å². The second kappa shape index (κ2) is 4.31. The van der Waals surface area contributed by atoms with Crippen molar-refractivity contribution in [2.75, 3.05) is 18.0 Å². The Bertz CT molecular complexity index is 432. The topological polar surface area (TPSA) is 32.3 Å². The number of nitrogens with one attached hydrogen (secondary N) is 1. The number of carbonyl (C=O) groups excluding carboxylic acids is 1. The Morgan fingerprint density at radius 1 is 1.29 bits per heavy atom. The van der Waals surface area contributed by atoms with Crippen molar-refractivity contribution >= 4 is 23.2 Å². The van der Waals surface area contributed by atoms with E-state index < -0.39 is 0 Å². The molecule has 0 spiro atoms. The summed E-state index contributed by atoms with van der Waals surface area (Å²) in [6.45, 7) is 1.93. The van der Waals surface area contributed by atoms with Gasteiger partial charge in [0.15, 0.2) is 0 Å². The Morgan fingerprint density at radius 2 is 2.06 bits per heavy atom. The minimum Gasteiger partial charge on any atom is -0.315 e. The van der Waals surface area contributed by atoms with E-state index in [0.717, 1.165) is 25.2 Å². The minimum absolute atomic E-state index is 0.242. The first-order chi connectivity index (χ1) is 8.25. The molecule has 2 fully saturated rings. The number of benzene rings is 1. The third-order valence-corrected chi connectivity index (χ3v) is 3.98. The van der Waals surface area contributed by atoms with E-state index in [9.17, 15) is 4.79 Å². The maximum atomic E-state index is 12.1. The highest BCUT2D eigenvalue weighted by Gasteiger charge is 2.41. The Labute approximate surface area is 106 Å². The maximum Gasteiger partial charge on any atom is 0.227 e. The second-order valence-electron chi connectivity index (χ2n) is 4.76. The van der Waals surface area contributed by atoms with Crippen LogP contribution in [0.2, 0.25) is 5.02 Å². The Balaban J connectivity index is 1.90. The highest BCUT2D eigenvalue weighted by Crippen LogP contribution is 2.34. The van der Waals surface area contributed by atoms with Gasteiger partial charge in [0.05, 0.1) is 6.04 Å². The van der Waals surface area contributed by atoms with Crippen molar-refractivity contribution in [3.8, 4) is 0 Å². The third-order valence-electron chi connectivity index (χ3n) is 3.73. The number of hydrogen-bond donors (Lipinski definition) is 1. The number of hydrogen-bond acceptors (Lipinski definition) is 2. The zero-order valence-electron chi connectivity index (χ0n) is 9.53. The van der Waals surface area contributed by atoms with E-state index in [4.69, 9.17) is 11.6 Å². The van der Waals surface area contributed by atoms with Gasteiger partial charge in [0.25, 0.3) is 0 Å². The van der Waals surface area contributed by atoms with E-state index in [1.54, 1.807) is 0 Å². The van der Waals surface area contributed by atoms with Gasteiger partial charge in [0.1, 0.15) is 0 Å². The van der Waals surface area contributed by atoms with E-state index in [2.05, 4.69) is 5.32 Å². The van der Waals surface area contributed by atoms with Crippen molar-refractivity contribution in [2.45, 2.75) is 18.9 Å². The zero-order valence-corrected chi connectivity index (χ0v) is 10.3. The van der Waals surface area contributed by atoms with Crippen LogP contribution in [0.3, 0.4) is 0 Å². The minimum atomic E-state index is 0.242. The number of halogens is 1. The number of rotatable bonds is 1. The monoisotopic (exact) mass is 250 g/mol. The second-order valence-corrected chi connectivity index (χ2v) is 5.20. The van der Waals surface area contributed by atoms with Crippen molar-refractivity contribution in [3.05, 3.63) is 29.3 Å². The van der Waals surface area contributed by atoms with Crippen LogP contribution >= 0.6 is 11.6 Å². The van der Waals surface area contributed by atoms with Gasteiger partial charge in [0, 0.05) is 23.7 Å². The fraction of sp³-hybridized carbons (Fsp3) is 0.462. The summed E-state index contributed by atoms with van der Waals surface area (Å²) in [5.41, 5.74) is 0.968. The molecule has 2 aliphatic heterocycles. The molecule has 3 rings (SSSR count). The summed E-state index contributed by atoms with van der Waals surface area (Å²) in [6, 6.07) is 7.85. The highest BCUT2D eigenvalue weighted by molar-refractivity contribution is 6.30. The molecule has 0 radical (unpaired) electrons. The normalized spacial score (nSPS) is 28.3. The van der Waals surface area contributed by atoms with E-state index in [-0.39, 0.29) is 5.91 Å². The van der Waals surface area contributed by atoms with Gasteiger partial charge >= 0.3 is 0 Å². The molecule has 1 amide bonds. The van der Waals surface area contributed by atoms with Gasteiger partial charge in [-0.15, -0.1) is 0 Å². The Hall–Kier alpha value is -1.06.